The molecule has 1 atom stereocenters. The Morgan fingerprint density at radius 3 is 2.90 bits per heavy atom. The maximum Gasteiger partial charge on any atom is 0.334 e. The average molecular weight is 291 g/mol. The lowest BCUT2D eigenvalue weighted by atomic mass is 10.1. The fourth-order valence-corrected chi connectivity index (χ4v) is 1.93. The Morgan fingerprint density at radius 2 is 2.29 bits per heavy atom. The SMILES string of the molecule is COC(CNc1ccc([N+](=O)[O-])c2ncccc12)C(=O)O. The van der Waals surface area contributed by atoms with E-state index >= 15 is 0 Å². The number of fused-ring (bicyclic) bond motifs is 1. The molecule has 0 saturated heterocycles. The molecule has 2 rings (SSSR count). The summed E-state index contributed by atoms with van der Waals surface area (Å²) in [6, 6.07) is 6.19. The lowest BCUT2D eigenvalue weighted by Gasteiger charge is -2.14. The van der Waals surface area contributed by atoms with Crippen LogP contribution in [0.5, 0.6) is 0 Å². The van der Waals surface area contributed by atoms with E-state index < -0.39 is 17.0 Å². The average Bonchev–Trinajstić information content (AvgIpc) is 2.47. The molecule has 2 aromatic rings. The molecule has 0 aliphatic heterocycles. The van der Waals surface area contributed by atoms with Crippen molar-refractivity contribution in [1.82, 2.24) is 4.98 Å². The standard InChI is InChI=1S/C13H13N3O5/c1-21-11(13(17)18)7-15-9-4-5-10(16(19)20)12-8(9)3-2-6-14-12/h2-6,11,15H,7H2,1H3,(H,17,18). The van der Waals surface area contributed by atoms with Gasteiger partial charge < -0.3 is 15.2 Å². The number of aliphatic carboxylic acids is 1. The highest BCUT2D eigenvalue weighted by Gasteiger charge is 2.18. The number of carboxylic acid groups (broad SMARTS) is 1. The van der Waals surface area contributed by atoms with Crippen molar-refractivity contribution in [2.75, 3.05) is 19.0 Å². The van der Waals surface area contributed by atoms with Crippen LogP contribution in [-0.2, 0) is 9.53 Å². The van der Waals surface area contributed by atoms with E-state index in [9.17, 15) is 14.9 Å². The first kappa shape index (κ1) is 14.7. The largest absolute Gasteiger partial charge is 0.479 e. The minimum Gasteiger partial charge on any atom is -0.479 e. The van der Waals surface area contributed by atoms with Crippen molar-refractivity contribution in [2.24, 2.45) is 0 Å². The van der Waals surface area contributed by atoms with Gasteiger partial charge in [-0.1, -0.05) is 0 Å². The molecule has 21 heavy (non-hydrogen) atoms. The number of nitrogens with zero attached hydrogens (tertiary/aromatic N) is 2. The number of hydrogen-bond donors (Lipinski definition) is 2. The van der Waals surface area contributed by atoms with Gasteiger partial charge in [-0.25, -0.2) is 9.78 Å². The van der Waals surface area contributed by atoms with Gasteiger partial charge in [-0.2, -0.15) is 0 Å². The van der Waals surface area contributed by atoms with Crippen LogP contribution in [0.2, 0.25) is 0 Å². The molecule has 0 bridgehead atoms. The molecule has 1 heterocycles. The maximum absolute atomic E-state index is 11.0. The summed E-state index contributed by atoms with van der Waals surface area (Å²) in [5.41, 5.74) is 0.710. The van der Waals surface area contributed by atoms with E-state index in [4.69, 9.17) is 9.84 Å². The second kappa shape index (κ2) is 6.14. The Hall–Kier alpha value is -2.74. The first-order valence-corrected chi connectivity index (χ1v) is 6.06. The molecule has 0 aliphatic carbocycles. The predicted octanol–water partition coefficient (Wildman–Crippen LogP) is 1.65. The van der Waals surface area contributed by atoms with Crippen LogP contribution in [0.25, 0.3) is 10.9 Å². The third-order valence-corrected chi connectivity index (χ3v) is 2.98. The number of pyridine rings is 1. The van der Waals surface area contributed by atoms with Gasteiger partial charge in [0.15, 0.2) is 6.10 Å². The van der Waals surface area contributed by atoms with Crippen molar-refractivity contribution in [1.29, 1.82) is 0 Å². The van der Waals surface area contributed by atoms with Gasteiger partial charge in [0.1, 0.15) is 5.52 Å². The second-order valence-corrected chi connectivity index (χ2v) is 4.23. The molecule has 2 N–H and O–H groups in total. The van der Waals surface area contributed by atoms with Gasteiger partial charge in [0, 0.05) is 30.4 Å². The van der Waals surface area contributed by atoms with Crippen LogP contribution in [0.15, 0.2) is 30.5 Å². The first-order chi connectivity index (χ1) is 10.0. The number of carbonyl (C=O) groups is 1. The Bertz CT molecular complexity index is 689. The van der Waals surface area contributed by atoms with Crippen LogP contribution in [-0.4, -0.2) is 40.7 Å². The van der Waals surface area contributed by atoms with Crippen LogP contribution in [0.1, 0.15) is 0 Å². The molecule has 110 valence electrons. The highest BCUT2D eigenvalue weighted by Crippen LogP contribution is 2.29. The summed E-state index contributed by atoms with van der Waals surface area (Å²) in [7, 11) is 1.30. The number of rotatable bonds is 6. The molecule has 0 spiro atoms. The summed E-state index contributed by atoms with van der Waals surface area (Å²) >= 11 is 0. The molecule has 8 nitrogen and oxygen atoms in total. The third-order valence-electron chi connectivity index (χ3n) is 2.98. The lowest BCUT2D eigenvalue weighted by molar-refractivity contribution is -0.383. The van der Waals surface area contributed by atoms with Crippen molar-refractivity contribution in [3.05, 3.63) is 40.6 Å². The normalized spacial score (nSPS) is 12.0. The number of carboxylic acids is 1. The van der Waals surface area contributed by atoms with Crippen molar-refractivity contribution < 1.29 is 19.6 Å². The summed E-state index contributed by atoms with van der Waals surface area (Å²) in [5.74, 6) is -1.09. The molecule has 8 heteroatoms. The molecule has 0 fully saturated rings. The predicted molar refractivity (Wildman–Crippen MR) is 75.3 cm³/mol. The zero-order chi connectivity index (χ0) is 15.4. The number of benzene rings is 1. The summed E-state index contributed by atoms with van der Waals surface area (Å²) in [6.45, 7) is 0.0354. The quantitative estimate of drug-likeness (QED) is 0.614. The Balaban J connectivity index is 2.35. The molecule has 0 radical (unpaired) electrons. The van der Waals surface area contributed by atoms with Gasteiger partial charge in [0.25, 0.3) is 5.69 Å². The molecular formula is C13H13N3O5. The van der Waals surface area contributed by atoms with Crippen LogP contribution in [0, 0.1) is 10.1 Å². The lowest BCUT2D eigenvalue weighted by Crippen LogP contribution is -2.30. The smallest absolute Gasteiger partial charge is 0.334 e. The van der Waals surface area contributed by atoms with Gasteiger partial charge in [-0.3, -0.25) is 10.1 Å². The fourth-order valence-electron chi connectivity index (χ4n) is 1.93. The number of ether oxygens (including phenoxy) is 1. The van der Waals surface area contributed by atoms with Gasteiger partial charge in [-0.15, -0.1) is 0 Å². The van der Waals surface area contributed by atoms with E-state index in [1.165, 1.54) is 25.4 Å². The van der Waals surface area contributed by atoms with Gasteiger partial charge in [0.05, 0.1) is 11.5 Å². The van der Waals surface area contributed by atoms with E-state index in [-0.39, 0.29) is 17.7 Å². The van der Waals surface area contributed by atoms with Gasteiger partial charge >= 0.3 is 5.97 Å². The van der Waals surface area contributed by atoms with Crippen molar-refractivity contribution in [3.8, 4) is 0 Å². The summed E-state index contributed by atoms with van der Waals surface area (Å²) in [5, 5.41) is 23.4. The highest BCUT2D eigenvalue weighted by atomic mass is 16.6. The number of non-ortho nitro benzene ring substituents is 1. The van der Waals surface area contributed by atoms with Gasteiger partial charge in [-0.05, 0) is 18.2 Å². The zero-order valence-electron chi connectivity index (χ0n) is 11.1. The van der Waals surface area contributed by atoms with Crippen LogP contribution < -0.4 is 5.32 Å². The number of nitro groups is 1. The summed E-state index contributed by atoms with van der Waals surface area (Å²) in [6.07, 6.45) is 0.459. The van der Waals surface area contributed by atoms with E-state index in [2.05, 4.69) is 10.3 Å². The van der Waals surface area contributed by atoms with Gasteiger partial charge in [0.2, 0.25) is 0 Å². The zero-order valence-corrected chi connectivity index (χ0v) is 11.1. The molecule has 1 unspecified atom stereocenters. The molecular weight excluding hydrogens is 278 g/mol. The minimum absolute atomic E-state index is 0.0354. The number of methoxy groups -OCH3 is 1. The number of nitrogens with one attached hydrogen (secondary N) is 1. The van der Waals surface area contributed by atoms with E-state index in [0.717, 1.165) is 0 Å². The van der Waals surface area contributed by atoms with Crippen molar-refractivity contribution in [3.63, 3.8) is 0 Å². The van der Waals surface area contributed by atoms with Crippen LogP contribution in [0.3, 0.4) is 0 Å². The van der Waals surface area contributed by atoms with Crippen LogP contribution >= 0.6 is 0 Å². The van der Waals surface area contributed by atoms with Crippen molar-refractivity contribution >= 4 is 28.2 Å². The molecule has 0 amide bonds. The van der Waals surface area contributed by atoms with E-state index in [0.29, 0.717) is 11.1 Å². The third kappa shape index (κ3) is 3.06. The van der Waals surface area contributed by atoms with E-state index in [1.807, 2.05) is 0 Å². The Labute approximate surface area is 119 Å². The number of anilines is 1. The molecule has 1 aromatic carbocycles. The molecule has 1 aromatic heterocycles. The number of hydrogen-bond acceptors (Lipinski definition) is 6. The number of aromatic nitrogens is 1. The molecule has 0 saturated carbocycles. The second-order valence-electron chi connectivity index (χ2n) is 4.23. The first-order valence-electron chi connectivity index (χ1n) is 6.06. The summed E-state index contributed by atoms with van der Waals surface area (Å²) < 4.78 is 4.82. The summed E-state index contributed by atoms with van der Waals surface area (Å²) in [4.78, 5) is 25.4. The van der Waals surface area contributed by atoms with Crippen LogP contribution in [0.4, 0.5) is 11.4 Å². The minimum atomic E-state index is -1.09. The highest BCUT2D eigenvalue weighted by molar-refractivity contribution is 5.97. The Morgan fingerprint density at radius 1 is 1.52 bits per heavy atom. The Kier molecular flexibility index (Phi) is 4.29. The monoisotopic (exact) mass is 291 g/mol. The maximum atomic E-state index is 11.0. The fraction of sp³-hybridized carbons (Fsp3) is 0.231. The number of nitro benzene ring substituents is 1. The topological polar surface area (TPSA) is 115 Å². The van der Waals surface area contributed by atoms with Crippen molar-refractivity contribution in [2.45, 2.75) is 6.10 Å². The molecule has 0 aliphatic rings. The van der Waals surface area contributed by atoms with E-state index in [1.54, 1.807) is 12.1 Å².